The van der Waals surface area contributed by atoms with Crippen molar-refractivity contribution in [3.63, 3.8) is 0 Å². The van der Waals surface area contributed by atoms with E-state index in [1.807, 2.05) is 0 Å². The number of hydrogen-bond donors (Lipinski definition) is 1. The van der Waals surface area contributed by atoms with Crippen molar-refractivity contribution in [2.75, 3.05) is 0 Å². The fraction of sp³-hybridized carbons (Fsp3) is 0.0909. The average molecular weight is 239 g/mol. The highest BCUT2D eigenvalue weighted by Gasteiger charge is 2.17. The summed E-state index contributed by atoms with van der Waals surface area (Å²) in [5, 5.41) is 10.4. The summed E-state index contributed by atoms with van der Waals surface area (Å²) < 4.78 is 4.89. The van der Waals surface area contributed by atoms with Gasteiger partial charge in [-0.3, -0.25) is 4.79 Å². The van der Waals surface area contributed by atoms with Gasteiger partial charge in [0.2, 0.25) is 0 Å². The molecule has 0 bridgehead atoms. The second-order valence-corrected chi connectivity index (χ2v) is 3.75. The van der Waals surface area contributed by atoms with Gasteiger partial charge in [-0.05, 0) is 25.1 Å². The maximum atomic E-state index is 11.4. The molecule has 4 nitrogen and oxygen atoms in total. The molecule has 2 aromatic rings. The Morgan fingerprint density at radius 3 is 2.75 bits per heavy atom. The number of carbonyl (C=O) groups excluding carboxylic acids is 1. The van der Waals surface area contributed by atoms with E-state index >= 15 is 0 Å². The Kier molecular flexibility index (Phi) is 2.44. The molecule has 0 unspecified atom stereocenters. The largest absolute Gasteiger partial charge is 0.506 e. The van der Waals surface area contributed by atoms with Gasteiger partial charge >= 0.3 is 5.63 Å². The molecule has 0 saturated carbocycles. The summed E-state index contributed by atoms with van der Waals surface area (Å²) in [6, 6.07) is 4.42. The predicted molar refractivity (Wildman–Crippen MR) is 59.2 cm³/mol. The van der Waals surface area contributed by atoms with E-state index in [9.17, 15) is 14.7 Å². The van der Waals surface area contributed by atoms with Crippen LogP contribution in [0.2, 0.25) is 5.02 Å². The van der Waals surface area contributed by atoms with Crippen LogP contribution in [0.15, 0.2) is 27.4 Å². The summed E-state index contributed by atoms with van der Waals surface area (Å²) in [4.78, 5) is 22.6. The first-order valence-corrected chi connectivity index (χ1v) is 4.85. The molecule has 16 heavy (non-hydrogen) atoms. The summed E-state index contributed by atoms with van der Waals surface area (Å²) >= 11 is 5.75. The zero-order valence-corrected chi connectivity index (χ0v) is 9.04. The molecule has 0 saturated heterocycles. The first-order chi connectivity index (χ1) is 7.50. The van der Waals surface area contributed by atoms with Crippen LogP contribution in [0.1, 0.15) is 17.3 Å². The lowest BCUT2D eigenvalue weighted by atomic mass is 10.1. The van der Waals surface area contributed by atoms with Crippen molar-refractivity contribution in [3.8, 4) is 5.75 Å². The number of Topliss-reactive ketones (excluding diaryl/α,β-unsaturated/α-hetero) is 1. The Labute approximate surface area is 95.1 Å². The van der Waals surface area contributed by atoms with E-state index in [2.05, 4.69) is 0 Å². The Balaban J connectivity index is 2.96. The third kappa shape index (κ3) is 1.57. The monoisotopic (exact) mass is 238 g/mol. The molecule has 0 aliphatic carbocycles. The van der Waals surface area contributed by atoms with Crippen molar-refractivity contribution < 1.29 is 14.3 Å². The van der Waals surface area contributed by atoms with Crippen LogP contribution in [0.3, 0.4) is 0 Å². The molecule has 1 N–H and O–H groups in total. The molecule has 5 heteroatoms. The van der Waals surface area contributed by atoms with Gasteiger partial charge in [0.25, 0.3) is 0 Å². The number of rotatable bonds is 1. The van der Waals surface area contributed by atoms with Crippen LogP contribution in [-0.4, -0.2) is 10.9 Å². The Morgan fingerprint density at radius 1 is 1.44 bits per heavy atom. The van der Waals surface area contributed by atoms with Crippen molar-refractivity contribution in [2.45, 2.75) is 6.92 Å². The standard InChI is InChI=1S/C11H7ClO4/c1-5(13)9-10(14)7-4-6(12)2-3-8(7)16-11(9)15/h2-4,14H,1H3. The minimum atomic E-state index is -0.847. The van der Waals surface area contributed by atoms with E-state index in [1.54, 1.807) is 0 Å². The number of halogens is 1. The number of aromatic hydroxyl groups is 1. The van der Waals surface area contributed by atoms with Crippen LogP contribution in [-0.2, 0) is 0 Å². The molecular formula is C11H7ClO4. The number of benzene rings is 1. The minimum Gasteiger partial charge on any atom is -0.506 e. The lowest BCUT2D eigenvalue weighted by Crippen LogP contribution is -2.11. The van der Waals surface area contributed by atoms with E-state index in [0.717, 1.165) is 0 Å². The van der Waals surface area contributed by atoms with E-state index in [-0.39, 0.29) is 22.3 Å². The highest BCUT2D eigenvalue weighted by atomic mass is 35.5. The zero-order chi connectivity index (χ0) is 11.9. The van der Waals surface area contributed by atoms with Crippen molar-refractivity contribution in [3.05, 3.63) is 39.2 Å². The molecular weight excluding hydrogens is 232 g/mol. The normalized spacial score (nSPS) is 10.6. The second-order valence-electron chi connectivity index (χ2n) is 3.31. The SMILES string of the molecule is CC(=O)c1c(O)c2cc(Cl)ccc2oc1=O. The molecule has 1 heterocycles. The van der Waals surface area contributed by atoms with Crippen LogP contribution >= 0.6 is 11.6 Å². The van der Waals surface area contributed by atoms with Crippen molar-refractivity contribution in [1.29, 1.82) is 0 Å². The molecule has 82 valence electrons. The van der Waals surface area contributed by atoms with Gasteiger partial charge in [0, 0.05) is 5.02 Å². The minimum absolute atomic E-state index is 0.192. The maximum Gasteiger partial charge on any atom is 0.351 e. The van der Waals surface area contributed by atoms with Crippen LogP contribution in [0.25, 0.3) is 11.0 Å². The van der Waals surface area contributed by atoms with Crippen molar-refractivity contribution >= 4 is 28.4 Å². The molecule has 0 aliphatic rings. The summed E-state index contributed by atoms with van der Waals surface area (Å²) in [7, 11) is 0. The smallest absolute Gasteiger partial charge is 0.351 e. The molecule has 0 spiro atoms. The number of carbonyl (C=O) groups is 1. The zero-order valence-electron chi connectivity index (χ0n) is 8.28. The van der Waals surface area contributed by atoms with E-state index in [4.69, 9.17) is 16.0 Å². The molecule has 0 amide bonds. The first kappa shape index (κ1) is 10.7. The summed E-state index contributed by atoms with van der Waals surface area (Å²) in [5.74, 6) is -0.936. The third-order valence-corrected chi connectivity index (χ3v) is 2.43. The van der Waals surface area contributed by atoms with Crippen molar-refractivity contribution in [1.82, 2.24) is 0 Å². The molecule has 0 aliphatic heterocycles. The fourth-order valence-corrected chi connectivity index (χ4v) is 1.64. The van der Waals surface area contributed by atoms with Gasteiger partial charge in [-0.2, -0.15) is 0 Å². The first-order valence-electron chi connectivity index (χ1n) is 4.47. The molecule has 1 aromatic carbocycles. The lowest BCUT2D eigenvalue weighted by Gasteiger charge is -2.03. The molecule has 0 fully saturated rings. The summed E-state index contributed by atoms with van der Waals surface area (Å²) in [6.45, 7) is 1.18. The van der Waals surface area contributed by atoms with E-state index in [0.29, 0.717) is 5.02 Å². The van der Waals surface area contributed by atoms with Gasteiger partial charge in [-0.15, -0.1) is 0 Å². The Bertz CT molecular complexity index is 642. The fourth-order valence-electron chi connectivity index (χ4n) is 1.47. The van der Waals surface area contributed by atoms with Gasteiger partial charge < -0.3 is 9.52 Å². The van der Waals surface area contributed by atoms with Crippen LogP contribution < -0.4 is 5.63 Å². The highest BCUT2D eigenvalue weighted by Crippen LogP contribution is 2.28. The number of fused-ring (bicyclic) bond motifs is 1. The van der Waals surface area contributed by atoms with E-state index in [1.165, 1.54) is 25.1 Å². The Morgan fingerprint density at radius 2 is 2.12 bits per heavy atom. The van der Waals surface area contributed by atoms with E-state index < -0.39 is 11.4 Å². The van der Waals surface area contributed by atoms with Gasteiger partial charge in [0.05, 0.1) is 5.39 Å². The third-order valence-electron chi connectivity index (χ3n) is 2.19. The second kappa shape index (κ2) is 3.64. The molecule has 0 atom stereocenters. The maximum absolute atomic E-state index is 11.4. The predicted octanol–water partition coefficient (Wildman–Crippen LogP) is 2.35. The molecule has 2 rings (SSSR count). The van der Waals surface area contributed by atoms with Gasteiger partial charge in [-0.25, -0.2) is 4.79 Å². The summed E-state index contributed by atoms with van der Waals surface area (Å²) in [5.41, 5.74) is -1.01. The molecule has 1 aromatic heterocycles. The Hall–Kier alpha value is -1.81. The van der Waals surface area contributed by atoms with Gasteiger partial charge in [0.1, 0.15) is 16.9 Å². The van der Waals surface area contributed by atoms with Gasteiger partial charge in [0.15, 0.2) is 5.78 Å². The van der Waals surface area contributed by atoms with Gasteiger partial charge in [-0.1, -0.05) is 11.6 Å². The average Bonchev–Trinajstić information content (AvgIpc) is 2.19. The lowest BCUT2D eigenvalue weighted by molar-refractivity contribution is 0.101. The number of ketones is 1. The number of hydrogen-bond acceptors (Lipinski definition) is 4. The van der Waals surface area contributed by atoms with Crippen LogP contribution in [0.4, 0.5) is 0 Å². The summed E-state index contributed by atoms with van der Waals surface area (Å²) in [6.07, 6.45) is 0. The topological polar surface area (TPSA) is 67.5 Å². The quantitative estimate of drug-likeness (QED) is 0.612. The van der Waals surface area contributed by atoms with Crippen LogP contribution in [0, 0.1) is 0 Å². The molecule has 0 radical (unpaired) electrons. The highest BCUT2D eigenvalue weighted by molar-refractivity contribution is 6.31. The van der Waals surface area contributed by atoms with Crippen molar-refractivity contribution in [2.24, 2.45) is 0 Å². The van der Waals surface area contributed by atoms with Crippen LogP contribution in [0.5, 0.6) is 5.75 Å².